The molecule has 180 valence electrons. The SMILES string of the molecule is C1CCOC1.COC=O.Cc1ccc([N+](=O)[O-])cc1.O=C1NCCc2c(Cl)cc(O)c(Cl)c21. The minimum absolute atomic E-state index is 0.0709. The van der Waals surface area contributed by atoms with E-state index in [1.807, 2.05) is 6.92 Å². The number of nitro groups is 1. The molecule has 0 saturated carbocycles. The number of non-ortho nitro benzene ring substituents is 1. The number of nitrogens with one attached hydrogen (secondary N) is 1. The highest BCUT2D eigenvalue weighted by molar-refractivity contribution is 6.38. The maximum absolute atomic E-state index is 11.4. The van der Waals surface area contributed by atoms with Gasteiger partial charge in [0.15, 0.2) is 0 Å². The van der Waals surface area contributed by atoms with E-state index >= 15 is 0 Å². The van der Waals surface area contributed by atoms with Crippen molar-refractivity contribution in [1.82, 2.24) is 5.32 Å². The van der Waals surface area contributed by atoms with Crippen molar-refractivity contribution in [2.24, 2.45) is 0 Å². The molecule has 1 saturated heterocycles. The summed E-state index contributed by atoms with van der Waals surface area (Å²) in [7, 11) is 1.31. The molecule has 0 atom stereocenters. The number of benzene rings is 2. The van der Waals surface area contributed by atoms with Gasteiger partial charge in [-0.05, 0) is 31.7 Å². The zero-order valence-corrected chi connectivity index (χ0v) is 19.8. The van der Waals surface area contributed by atoms with E-state index in [2.05, 4.69) is 10.1 Å². The number of halogens is 2. The summed E-state index contributed by atoms with van der Waals surface area (Å²) in [5.74, 6) is -0.443. The predicted octanol–water partition coefficient (Wildman–Crippen LogP) is 4.47. The van der Waals surface area contributed by atoms with Gasteiger partial charge < -0.3 is 19.9 Å². The average molecular weight is 501 g/mol. The summed E-state index contributed by atoms with van der Waals surface area (Å²) in [5.41, 5.74) is 2.18. The van der Waals surface area contributed by atoms with Crippen molar-refractivity contribution >= 4 is 41.3 Å². The van der Waals surface area contributed by atoms with Crippen LogP contribution in [0.25, 0.3) is 0 Å². The van der Waals surface area contributed by atoms with Crippen LogP contribution in [0, 0.1) is 17.0 Å². The summed E-state index contributed by atoms with van der Waals surface area (Å²) in [6, 6.07) is 7.79. The van der Waals surface area contributed by atoms with Gasteiger partial charge in [-0.3, -0.25) is 19.7 Å². The minimum Gasteiger partial charge on any atom is -0.506 e. The number of hydrogen-bond acceptors (Lipinski definition) is 7. The first-order valence-electron chi connectivity index (χ1n) is 9.96. The monoisotopic (exact) mass is 500 g/mol. The molecule has 0 unspecified atom stereocenters. The predicted molar refractivity (Wildman–Crippen MR) is 125 cm³/mol. The molecule has 2 heterocycles. The van der Waals surface area contributed by atoms with Crippen LogP contribution < -0.4 is 5.32 Å². The van der Waals surface area contributed by atoms with Gasteiger partial charge in [-0.25, -0.2) is 0 Å². The van der Waals surface area contributed by atoms with Gasteiger partial charge in [0.25, 0.3) is 18.1 Å². The standard InChI is InChI=1S/C9H7Cl2NO2.C7H7NO2.C4H8O.C2H4O2/c10-5-3-6(13)8(11)7-4(5)1-2-12-9(7)14;1-6-2-4-7(5-3-6)8(9)10;1-2-4-5-3-1;1-4-2-3/h3,13H,1-2H2,(H,12,14);2-5H,1H3;1-4H2;2H,1H3. The van der Waals surface area contributed by atoms with Crippen LogP contribution in [0.15, 0.2) is 30.3 Å². The van der Waals surface area contributed by atoms with Crippen molar-refractivity contribution in [1.29, 1.82) is 0 Å². The molecule has 9 nitrogen and oxygen atoms in total. The lowest BCUT2D eigenvalue weighted by atomic mass is 10.00. The van der Waals surface area contributed by atoms with Crippen LogP contribution in [0.1, 0.15) is 34.3 Å². The normalized spacial score (nSPS) is 13.4. The highest BCUT2D eigenvalue weighted by atomic mass is 35.5. The Bertz CT molecular complexity index is 926. The van der Waals surface area contributed by atoms with Crippen molar-refractivity contribution in [3.63, 3.8) is 0 Å². The van der Waals surface area contributed by atoms with Crippen LogP contribution in [0.3, 0.4) is 0 Å². The number of carbonyl (C=O) groups is 2. The number of ether oxygens (including phenoxy) is 2. The van der Waals surface area contributed by atoms with Crippen LogP contribution in [0.4, 0.5) is 5.69 Å². The molecule has 2 N–H and O–H groups in total. The molecular formula is C22H26Cl2N2O7. The molecule has 2 aliphatic heterocycles. The Labute approximate surface area is 201 Å². The molecule has 0 aliphatic carbocycles. The summed E-state index contributed by atoms with van der Waals surface area (Å²) in [5, 5.41) is 22.6. The Morgan fingerprint density at radius 3 is 2.24 bits per heavy atom. The molecule has 0 radical (unpaired) electrons. The first-order valence-corrected chi connectivity index (χ1v) is 10.7. The van der Waals surface area contributed by atoms with Crippen LogP contribution >= 0.6 is 23.2 Å². The number of aromatic hydroxyl groups is 1. The van der Waals surface area contributed by atoms with Gasteiger partial charge in [0.05, 0.1) is 22.6 Å². The van der Waals surface area contributed by atoms with E-state index < -0.39 is 4.92 Å². The molecular weight excluding hydrogens is 475 g/mol. The third-order valence-corrected chi connectivity index (χ3v) is 5.07. The summed E-state index contributed by atoms with van der Waals surface area (Å²) < 4.78 is 8.81. The van der Waals surface area contributed by atoms with Crippen molar-refractivity contribution in [3.05, 3.63) is 67.2 Å². The highest BCUT2D eigenvalue weighted by Crippen LogP contribution is 2.36. The van der Waals surface area contributed by atoms with E-state index in [9.17, 15) is 20.0 Å². The van der Waals surface area contributed by atoms with Crippen molar-refractivity contribution in [3.8, 4) is 5.75 Å². The summed E-state index contributed by atoms with van der Waals surface area (Å²) in [4.78, 5) is 30.1. The van der Waals surface area contributed by atoms with E-state index in [1.54, 1.807) is 12.1 Å². The number of phenolic OH excluding ortho intramolecular Hbond substituents is 1. The number of aryl methyl sites for hydroxylation is 1. The minimum atomic E-state index is -0.403. The van der Waals surface area contributed by atoms with E-state index in [4.69, 9.17) is 32.7 Å². The third kappa shape index (κ3) is 9.65. The van der Waals surface area contributed by atoms with E-state index in [0.29, 0.717) is 35.6 Å². The van der Waals surface area contributed by atoms with Crippen LogP contribution in [-0.4, -0.2) is 49.3 Å². The molecule has 2 aliphatic rings. The zero-order valence-electron chi connectivity index (χ0n) is 18.3. The fourth-order valence-electron chi connectivity index (χ4n) is 2.70. The number of methoxy groups -OCH3 is 1. The molecule has 4 rings (SSSR count). The number of nitro benzene ring substituents is 1. The van der Waals surface area contributed by atoms with Gasteiger partial charge in [-0.1, -0.05) is 40.9 Å². The fourth-order valence-corrected chi connectivity index (χ4v) is 3.24. The third-order valence-electron chi connectivity index (χ3n) is 4.35. The van der Waals surface area contributed by atoms with Gasteiger partial charge in [-0.2, -0.15) is 0 Å². The second-order valence-electron chi connectivity index (χ2n) is 6.80. The average Bonchev–Trinajstić information content (AvgIpc) is 3.39. The Morgan fingerprint density at radius 2 is 1.79 bits per heavy atom. The smallest absolute Gasteiger partial charge is 0.292 e. The second kappa shape index (κ2) is 15.0. The summed E-state index contributed by atoms with van der Waals surface area (Å²) >= 11 is 11.7. The molecule has 2 aromatic carbocycles. The zero-order chi connectivity index (χ0) is 24.8. The Morgan fingerprint density at radius 1 is 1.21 bits per heavy atom. The lowest BCUT2D eigenvalue weighted by molar-refractivity contribution is -0.384. The molecule has 2 aromatic rings. The summed E-state index contributed by atoms with van der Waals surface area (Å²) in [6.45, 7) is 4.82. The van der Waals surface area contributed by atoms with Gasteiger partial charge in [0.2, 0.25) is 0 Å². The first kappa shape index (κ1) is 28.2. The number of hydrogen-bond donors (Lipinski definition) is 2. The number of rotatable bonds is 2. The largest absolute Gasteiger partial charge is 0.506 e. The van der Waals surface area contributed by atoms with Gasteiger partial charge in [-0.15, -0.1) is 0 Å². The molecule has 33 heavy (non-hydrogen) atoms. The topological polar surface area (TPSA) is 128 Å². The van der Waals surface area contributed by atoms with Crippen LogP contribution in [0.5, 0.6) is 5.75 Å². The van der Waals surface area contributed by atoms with Crippen molar-refractivity contribution in [2.75, 3.05) is 26.9 Å². The Balaban J connectivity index is 0.000000249. The molecule has 11 heteroatoms. The molecule has 1 fully saturated rings. The van der Waals surface area contributed by atoms with Gasteiger partial charge in [0.1, 0.15) is 5.75 Å². The first-order chi connectivity index (χ1) is 15.7. The molecule has 1 amide bonds. The Hall–Kier alpha value is -2.88. The molecule has 0 spiro atoms. The van der Waals surface area contributed by atoms with Crippen molar-refractivity contribution in [2.45, 2.75) is 26.2 Å². The van der Waals surface area contributed by atoms with Crippen LogP contribution in [0.2, 0.25) is 10.0 Å². The van der Waals surface area contributed by atoms with Gasteiger partial charge in [0, 0.05) is 43.0 Å². The molecule has 0 aromatic heterocycles. The highest BCUT2D eigenvalue weighted by Gasteiger charge is 2.24. The maximum Gasteiger partial charge on any atom is 0.292 e. The summed E-state index contributed by atoms with van der Waals surface area (Å²) in [6.07, 6.45) is 3.19. The van der Waals surface area contributed by atoms with Crippen molar-refractivity contribution < 1.29 is 29.1 Å². The quantitative estimate of drug-likeness (QED) is 0.353. The number of phenols is 1. The number of nitrogens with zero attached hydrogens (tertiary/aromatic N) is 1. The number of fused-ring (bicyclic) bond motifs is 1. The molecule has 0 bridgehead atoms. The van der Waals surface area contributed by atoms with E-state index in [-0.39, 0.29) is 22.4 Å². The number of carbonyl (C=O) groups excluding carboxylic acids is 2. The lowest BCUT2D eigenvalue weighted by Gasteiger charge is -2.19. The number of amides is 1. The van der Waals surface area contributed by atoms with E-state index in [1.165, 1.54) is 38.2 Å². The van der Waals surface area contributed by atoms with Crippen LogP contribution in [-0.2, 0) is 20.7 Å². The lowest BCUT2D eigenvalue weighted by Crippen LogP contribution is -2.32. The second-order valence-corrected chi connectivity index (χ2v) is 7.58. The van der Waals surface area contributed by atoms with Gasteiger partial charge >= 0.3 is 0 Å². The fraction of sp³-hybridized carbons (Fsp3) is 0.364. The van der Waals surface area contributed by atoms with E-state index in [0.717, 1.165) is 18.8 Å². The maximum atomic E-state index is 11.4. The Kier molecular flexibility index (Phi) is 12.8.